The highest BCUT2D eigenvalue weighted by atomic mass is 16.5. The molecule has 1 aliphatic rings. The number of benzene rings is 1. The van der Waals surface area contributed by atoms with Crippen molar-refractivity contribution in [2.24, 2.45) is 16.5 Å². The van der Waals surface area contributed by atoms with E-state index in [1.807, 2.05) is 6.92 Å². The molecule has 0 atom stereocenters. The number of H-pyrrole nitrogens is 1. The molecule has 0 bridgehead atoms. The van der Waals surface area contributed by atoms with Crippen LogP contribution in [0.15, 0.2) is 41.5 Å². The lowest BCUT2D eigenvalue weighted by Crippen LogP contribution is -2.38. The number of nitrogen functional groups attached to an aromatic ring is 1. The van der Waals surface area contributed by atoms with Gasteiger partial charge in [0.15, 0.2) is 0 Å². The summed E-state index contributed by atoms with van der Waals surface area (Å²) < 4.78 is 5.91. The molecule has 0 spiro atoms. The summed E-state index contributed by atoms with van der Waals surface area (Å²) in [5, 5.41) is 3.34. The molecule has 1 aromatic heterocycles. The van der Waals surface area contributed by atoms with Gasteiger partial charge in [-0.15, -0.1) is 0 Å². The number of nitrogens with one attached hydrogen (secondary N) is 2. The molecule has 0 unspecified atom stereocenters. The Hall–Kier alpha value is -3.66. The zero-order valence-corrected chi connectivity index (χ0v) is 18.5. The fourth-order valence-corrected chi connectivity index (χ4v) is 3.36. The average Bonchev–Trinajstić information content (AvgIpc) is 2.75. The molecule has 1 fully saturated rings. The van der Waals surface area contributed by atoms with Crippen molar-refractivity contribution in [1.82, 2.24) is 15.2 Å². The molecule has 1 amide bonds. The number of rotatable bonds is 8. The van der Waals surface area contributed by atoms with E-state index in [4.69, 9.17) is 21.9 Å². The van der Waals surface area contributed by atoms with Crippen molar-refractivity contribution in [3.8, 4) is 11.6 Å². The molecule has 0 aliphatic carbocycles. The summed E-state index contributed by atoms with van der Waals surface area (Å²) >= 11 is 0. The van der Waals surface area contributed by atoms with Crippen molar-refractivity contribution in [3.63, 3.8) is 0 Å². The third-order valence-electron chi connectivity index (χ3n) is 5.16. The van der Waals surface area contributed by atoms with E-state index in [0.29, 0.717) is 35.5 Å². The van der Waals surface area contributed by atoms with Crippen LogP contribution in [-0.4, -0.2) is 47.8 Å². The second kappa shape index (κ2) is 10.6. The Balaban J connectivity index is 1.83. The van der Waals surface area contributed by atoms with Gasteiger partial charge in [0.25, 0.3) is 5.91 Å². The van der Waals surface area contributed by atoms with Crippen LogP contribution in [0, 0.1) is 0 Å². The molecule has 10 heteroatoms. The zero-order chi connectivity index (χ0) is 23.1. The number of amides is 1. The Morgan fingerprint density at radius 3 is 2.78 bits per heavy atom. The van der Waals surface area contributed by atoms with E-state index in [1.54, 1.807) is 36.5 Å². The van der Waals surface area contributed by atoms with Crippen LogP contribution < -0.4 is 32.2 Å². The largest absolute Gasteiger partial charge is 0.422 e. The first-order chi connectivity index (χ1) is 15.4. The molecular weight excluding hydrogens is 408 g/mol. The summed E-state index contributed by atoms with van der Waals surface area (Å²) in [6.45, 7) is 4.00. The fraction of sp³-hybridized carbons (Fsp3) is 0.364. The first kappa shape index (κ1) is 23.0. The first-order valence-electron chi connectivity index (χ1n) is 10.6. The van der Waals surface area contributed by atoms with Crippen LogP contribution in [0.3, 0.4) is 0 Å². The Morgan fingerprint density at radius 1 is 1.38 bits per heavy atom. The Kier molecular flexibility index (Phi) is 7.61. The van der Waals surface area contributed by atoms with Crippen molar-refractivity contribution in [2.75, 3.05) is 25.9 Å². The number of hydrogen-bond donors (Lipinski definition) is 4. The fourth-order valence-electron chi connectivity index (χ4n) is 3.36. The smallest absolute Gasteiger partial charge is 0.357 e. The predicted molar refractivity (Wildman–Crippen MR) is 124 cm³/mol. The number of nitrogens with zero attached hydrogens (tertiary/aromatic N) is 3. The molecule has 170 valence electrons. The Morgan fingerprint density at radius 2 is 2.12 bits per heavy atom. The number of ether oxygens (including phenoxy) is 1. The molecule has 0 radical (unpaired) electrons. The van der Waals surface area contributed by atoms with Crippen molar-refractivity contribution < 1.29 is 14.5 Å². The van der Waals surface area contributed by atoms with Gasteiger partial charge in [-0.25, -0.2) is 9.97 Å². The topological polar surface area (TPSA) is 159 Å². The predicted octanol–water partition coefficient (Wildman–Crippen LogP) is 1.12. The Bertz CT molecular complexity index is 1010. The van der Waals surface area contributed by atoms with E-state index < -0.39 is 5.91 Å². The summed E-state index contributed by atoms with van der Waals surface area (Å²) in [6.07, 6.45) is 6.04. The second-order valence-electron chi connectivity index (χ2n) is 7.72. The molecule has 2 heterocycles. The number of likely N-dealkylation sites (tertiary alicyclic amines) is 1. The molecule has 0 saturated carbocycles. The standard InChI is InChI=1S/C22H30N8O2/c1-3-17-22(32-16-6-4-5-14(23)13-16)29-21(19(27-17)20(25)31)28-18(24)7-10-26-15-8-11-30(2)12-9-15/h4-7,10,13,15,26H,3,8-9,11-12,23H2,1-2H3,(H2,25,31)(H2,24,28,29)/p+1/b10-7-. The SMILES string of the molecule is CCc1nc(C(N)=O)c(N=C(N)/C=C\NC2CCN(C)CC2)[nH+]c1Oc1cccc(N)c1. The van der Waals surface area contributed by atoms with Crippen LogP contribution >= 0.6 is 0 Å². The Labute approximate surface area is 187 Å². The van der Waals surface area contributed by atoms with Crippen LogP contribution in [0.4, 0.5) is 11.5 Å². The number of aromatic amines is 1. The number of anilines is 1. The summed E-state index contributed by atoms with van der Waals surface area (Å²) in [5.74, 6) is 0.449. The third-order valence-corrected chi connectivity index (χ3v) is 5.16. The minimum Gasteiger partial charge on any atom is -0.422 e. The highest BCUT2D eigenvalue weighted by molar-refractivity contribution is 5.98. The van der Waals surface area contributed by atoms with Gasteiger partial charge < -0.3 is 32.2 Å². The maximum absolute atomic E-state index is 12.0. The van der Waals surface area contributed by atoms with Gasteiger partial charge in [0.1, 0.15) is 11.4 Å². The van der Waals surface area contributed by atoms with E-state index in [9.17, 15) is 4.79 Å². The monoisotopic (exact) mass is 439 g/mol. The van der Waals surface area contributed by atoms with E-state index in [0.717, 1.165) is 25.9 Å². The van der Waals surface area contributed by atoms with Crippen molar-refractivity contribution in [3.05, 3.63) is 47.9 Å². The maximum Gasteiger partial charge on any atom is 0.357 e. The third kappa shape index (κ3) is 6.17. The molecule has 32 heavy (non-hydrogen) atoms. The van der Waals surface area contributed by atoms with Gasteiger partial charge in [-0.05, 0) is 56.5 Å². The van der Waals surface area contributed by atoms with Gasteiger partial charge in [-0.3, -0.25) is 4.79 Å². The first-order valence-corrected chi connectivity index (χ1v) is 10.6. The number of aliphatic imine (C=N–C) groups is 1. The molecular formula is C22H31N8O2+. The van der Waals surface area contributed by atoms with Crippen LogP contribution in [0.5, 0.6) is 11.6 Å². The van der Waals surface area contributed by atoms with E-state index in [-0.39, 0.29) is 17.3 Å². The van der Waals surface area contributed by atoms with Crippen LogP contribution in [0.1, 0.15) is 35.9 Å². The number of amidine groups is 1. The van der Waals surface area contributed by atoms with Gasteiger partial charge >= 0.3 is 11.7 Å². The van der Waals surface area contributed by atoms with E-state index in [1.165, 1.54) is 0 Å². The van der Waals surface area contributed by atoms with Gasteiger partial charge in [0, 0.05) is 30.1 Å². The molecule has 8 N–H and O–H groups in total. The number of primary amides is 1. The number of carbonyl (C=O) groups is 1. The number of aromatic nitrogens is 2. The van der Waals surface area contributed by atoms with Crippen molar-refractivity contribution in [1.29, 1.82) is 0 Å². The molecule has 1 aliphatic heterocycles. The maximum atomic E-state index is 12.0. The highest BCUT2D eigenvalue weighted by Crippen LogP contribution is 2.25. The van der Waals surface area contributed by atoms with E-state index in [2.05, 4.69) is 32.2 Å². The lowest BCUT2D eigenvalue weighted by Gasteiger charge is -2.28. The highest BCUT2D eigenvalue weighted by Gasteiger charge is 2.24. The molecule has 1 saturated heterocycles. The molecule has 2 aromatic rings. The van der Waals surface area contributed by atoms with Gasteiger partial charge in [0.05, 0.1) is 0 Å². The number of hydrogen-bond acceptors (Lipinski definition) is 7. The summed E-state index contributed by atoms with van der Waals surface area (Å²) in [4.78, 5) is 25.9. The number of aryl methyl sites for hydroxylation is 1. The van der Waals surface area contributed by atoms with E-state index >= 15 is 0 Å². The van der Waals surface area contributed by atoms with Crippen LogP contribution in [0.2, 0.25) is 0 Å². The summed E-state index contributed by atoms with van der Waals surface area (Å²) in [7, 11) is 2.12. The van der Waals surface area contributed by atoms with Gasteiger partial charge in [0.2, 0.25) is 11.5 Å². The molecule has 1 aromatic carbocycles. The molecule has 10 nitrogen and oxygen atoms in total. The number of nitrogens with two attached hydrogens (primary N) is 3. The van der Waals surface area contributed by atoms with Crippen LogP contribution in [0.25, 0.3) is 0 Å². The number of carbonyl (C=O) groups excluding carboxylic acids is 1. The quantitative estimate of drug-likeness (QED) is 0.272. The zero-order valence-electron chi connectivity index (χ0n) is 18.5. The minimum atomic E-state index is -0.716. The average molecular weight is 440 g/mol. The van der Waals surface area contributed by atoms with Gasteiger partial charge in [-0.1, -0.05) is 13.0 Å². The van der Waals surface area contributed by atoms with Gasteiger partial charge in [-0.2, -0.15) is 0 Å². The van der Waals surface area contributed by atoms with Crippen molar-refractivity contribution in [2.45, 2.75) is 32.2 Å². The van der Waals surface area contributed by atoms with Crippen LogP contribution in [-0.2, 0) is 6.42 Å². The summed E-state index contributed by atoms with van der Waals surface area (Å²) in [5.41, 5.74) is 18.5. The minimum absolute atomic E-state index is 0.0126. The number of piperidine rings is 1. The molecule has 3 rings (SSSR count). The lowest BCUT2D eigenvalue weighted by atomic mass is 10.1. The lowest BCUT2D eigenvalue weighted by molar-refractivity contribution is -0.378. The summed E-state index contributed by atoms with van der Waals surface area (Å²) in [6, 6.07) is 7.38. The second-order valence-corrected chi connectivity index (χ2v) is 7.72. The van der Waals surface area contributed by atoms with Crippen molar-refractivity contribution >= 4 is 23.2 Å². The normalized spacial score (nSPS) is 15.8.